The Balaban J connectivity index is 1.98. The number of rotatable bonds is 5. The second kappa shape index (κ2) is 7.79. The maximum atomic E-state index is 12.3. The van der Waals surface area contributed by atoms with Gasteiger partial charge in [0.05, 0.1) is 19.3 Å². The summed E-state index contributed by atoms with van der Waals surface area (Å²) in [7, 11) is 1.33. The first-order chi connectivity index (χ1) is 10.6. The van der Waals surface area contributed by atoms with Crippen LogP contribution in [0.1, 0.15) is 23.7 Å². The highest BCUT2D eigenvalue weighted by atomic mass is 16.5. The normalized spacial score (nSPS) is 17.1. The predicted molar refractivity (Wildman–Crippen MR) is 83.0 cm³/mol. The summed E-state index contributed by atoms with van der Waals surface area (Å²) in [5.41, 5.74) is 0.988. The molecule has 0 spiro atoms. The molecule has 1 heterocycles. The molecule has 0 saturated carbocycles. The smallest absolute Gasteiger partial charge is 0.337 e. The Morgan fingerprint density at radius 3 is 2.91 bits per heavy atom. The van der Waals surface area contributed by atoms with E-state index in [2.05, 4.69) is 10.1 Å². The van der Waals surface area contributed by atoms with E-state index in [-0.39, 0.29) is 6.03 Å². The molecule has 1 saturated heterocycles. The molecule has 1 atom stereocenters. The van der Waals surface area contributed by atoms with Crippen molar-refractivity contribution < 1.29 is 19.1 Å². The third kappa shape index (κ3) is 4.21. The van der Waals surface area contributed by atoms with Gasteiger partial charge in [0.1, 0.15) is 0 Å². The number of nitrogens with one attached hydrogen (secondary N) is 1. The summed E-state index contributed by atoms with van der Waals surface area (Å²) < 4.78 is 10.0. The van der Waals surface area contributed by atoms with Crippen molar-refractivity contribution in [3.05, 3.63) is 29.8 Å². The number of carbonyl (C=O) groups is 2. The van der Waals surface area contributed by atoms with Gasteiger partial charge in [0.2, 0.25) is 0 Å². The van der Waals surface area contributed by atoms with E-state index in [0.29, 0.717) is 36.9 Å². The first-order valence-electron chi connectivity index (χ1n) is 7.46. The van der Waals surface area contributed by atoms with Gasteiger partial charge in [-0.3, -0.25) is 0 Å². The molecule has 0 aliphatic carbocycles. The van der Waals surface area contributed by atoms with Crippen LogP contribution in [0.25, 0.3) is 0 Å². The van der Waals surface area contributed by atoms with Gasteiger partial charge in [-0.15, -0.1) is 0 Å². The number of urea groups is 1. The molecular weight excluding hydrogens is 284 g/mol. The molecule has 1 aliphatic rings. The minimum Gasteiger partial charge on any atom is -0.465 e. The maximum absolute atomic E-state index is 12.3. The zero-order chi connectivity index (χ0) is 15.9. The molecule has 0 bridgehead atoms. The lowest BCUT2D eigenvalue weighted by molar-refractivity contribution is 0.0600. The Hall–Kier alpha value is -2.08. The Morgan fingerprint density at radius 1 is 1.45 bits per heavy atom. The van der Waals surface area contributed by atoms with Crippen molar-refractivity contribution >= 4 is 17.7 Å². The highest BCUT2D eigenvalue weighted by Gasteiger charge is 2.21. The molecule has 2 amide bonds. The number of hydrogen-bond acceptors (Lipinski definition) is 4. The van der Waals surface area contributed by atoms with Crippen molar-refractivity contribution in [2.75, 3.05) is 38.7 Å². The predicted octanol–water partition coefficient (Wildman–Crippen LogP) is 2.36. The van der Waals surface area contributed by atoms with E-state index in [4.69, 9.17) is 4.74 Å². The summed E-state index contributed by atoms with van der Waals surface area (Å²) in [6, 6.07) is 6.54. The van der Waals surface area contributed by atoms with Crippen molar-refractivity contribution in [3.63, 3.8) is 0 Å². The van der Waals surface area contributed by atoms with Crippen molar-refractivity contribution in [1.29, 1.82) is 0 Å². The third-order valence-electron chi connectivity index (χ3n) is 3.71. The molecule has 1 fully saturated rings. The fourth-order valence-corrected chi connectivity index (χ4v) is 2.44. The van der Waals surface area contributed by atoms with E-state index >= 15 is 0 Å². The van der Waals surface area contributed by atoms with E-state index in [1.165, 1.54) is 7.11 Å². The summed E-state index contributed by atoms with van der Waals surface area (Å²) in [4.78, 5) is 25.6. The fraction of sp³-hybridized carbons (Fsp3) is 0.500. The molecular formula is C16H22N2O4. The van der Waals surface area contributed by atoms with Crippen molar-refractivity contribution in [2.24, 2.45) is 5.92 Å². The van der Waals surface area contributed by atoms with E-state index in [1.807, 2.05) is 6.92 Å². The second-order valence-electron chi connectivity index (χ2n) is 5.27. The SMILES string of the molecule is CCN(C[C@H]1CCOC1)C(=O)Nc1cccc(C(=O)OC)c1. The quantitative estimate of drug-likeness (QED) is 0.848. The van der Waals surface area contributed by atoms with Crippen LogP contribution in [0.3, 0.4) is 0 Å². The van der Waals surface area contributed by atoms with Gasteiger partial charge in [0.15, 0.2) is 0 Å². The molecule has 1 aromatic rings. The van der Waals surface area contributed by atoms with Gasteiger partial charge in [0, 0.05) is 31.3 Å². The summed E-state index contributed by atoms with van der Waals surface area (Å²) in [5, 5.41) is 2.82. The molecule has 0 radical (unpaired) electrons. The van der Waals surface area contributed by atoms with Gasteiger partial charge in [-0.25, -0.2) is 9.59 Å². The van der Waals surface area contributed by atoms with Crippen LogP contribution in [-0.2, 0) is 9.47 Å². The number of hydrogen-bond donors (Lipinski definition) is 1. The van der Waals surface area contributed by atoms with Crippen LogP contribution in [0, 0.1) is 5.92 Å². The largest absolute Gasteiger partial charge is 0.465 e. The van der Waals surface area contributed by atoms with E-state index in [1.54, 1.807) is 29.2 Å². The van der Waals surface area contributed by atoms with Gasteiger partial charge in [0.25, 0.3) is 0 Å². The molecule has 0 unspecified atom stereocenters. The molecule has 2 rings (SSSR count). The Bertz CT molecular complexity index is 527. The standard InChI is InChI=1S/C16H22N2O4/c1-3-18(10-12-7-8-22-11-12)16(20)17-14-6-4-5-13(9-14)15(19)21-2/h4-6,9,12H,3,7-8,10-11H2,1-2H3,(H,17,20)/t12-/m1/s1. The molecule has 0 aromatic heterocycles. The van der Waals surface area contributed by atoms with Crippen LogP contribution in [0.2, 0.25) is 0 Å². The van der Waals surface area contributed by atoms with Crippen LogP contribution >= 0.6 is 0 Å². The first-order valence-corrected chi connectivity index (χ1v) is 7.46. The van der Waals surface area contributed by atoms with Gasteiger partial charge in [-0.2, -0.15) is 0 Å². The minimum absolute atomic E-state index is 0.170. The number of amides is 2. The lowest BCUT2D eigenvalue weighted by atomic mass is 10.1. The van der Waals surface area contributed by atoms with Crippen LogP contribution in [0.4, 0.5) is 10.5 Å². The molecule has 1 N–H and O–H groups in total. The van der Waals surface area contributed by atoms with Gasteiger partial charge in [-0.1, -0.05) is 6.07 Å². The monoisotopic (exact) mass is 306 g/mol. The van der Waals surface area contributed by atoms with Gasteiger partial charge >= 0.3 is 12.0 Å². The van der Waals surface area contributed by atoms with Gasteiger partial charge in [-0.05, 0) is 31.5 Å². The average molecular weight is 306 g/mol. The number of nitrogens with zero attached hydrogens (tertiary/aromatic N) is 1. The fourth-order valence-electron chi connectivity index (χ4n) is 2.44. The third-order valence-corrected chi connectivity index (χ3v) is 3.71. The Kier molecular flexibility index (Phi) is 5.77. The van der Waals surface area contributed by atoms with Crippen LogP contribution in [0.15, 0.2) is 24.3 Å². The van der Waals surface area contributed by atoms with E-state index in [0.717, 1.165) is 13.0 Å². The van der Waals surface area contributed by atoms with Crippen molar-refractivity contribution in [1.82, 2.24) is 4.90 Å². The highest BCUT2D eigenvalue weighted by molar-refractivity contribution is 5.93. The lowest BCUT2D eigenvalue weighted by Crippen LogP contribution is -2.38. The molecule has 120 valence electrons. The number of benzene rings is 1. The zero-order valence-corrected chi connectivity index (χ0v) is 13.0. The van der Waals surface area contributed by atoms with Crippen molar-refractivity contribution in [3.8, 4) is 0 Å². The topological polar surface area (TPSA) is 67.9 Å². The van der Waals surface area contributed by atoms with Crippen LogP contribution < -0.4 is 5.32 Å². The molecule has 1 aromatic carbocycles. The van der Waals surface area contributed by atoms with Crippen LogP contribution in [0.5, 0.6) is 0 Å². The van der Waals surface area contributed by atoms with E-state index in [9.17, 15) is 9.59 Å². The number of esters is 1. The summed E-state index contributed by atoms with van der Waals surface area (Å²) >= 11 is 0. The maximum Gasteiger partial charge on any atom is 0.337 e. The Labute approximate surface area is 130 Å². The van der Waals surface area contributed by atoms with Crippen molar-refractivity contribution in [2.45, 2.75) is 13.3 Å². The molecule has 1 aliphatic heterocycles. The molecule has 6 nitrogen and oxygen atoms in total. The summed E-state index contributed by atoms with van der Waals surface area (Å²) in [6.45, 7) is 4.73. The zero-order valence-electron chi connectivity index (χ0n) is 13.0. The van der Waals surface area contributed by atoms with Gasteiger partial charge < -0.3 is 19.7 Å². The number of anilines is 1. The Morgan fingerprint density at radius 2 is 2.27 bits per heavy atom. The van der Waals surface area contributed by atoms with Crippen LogP contribution in [-0.4, -0.2) is 50.3 Å². The molecule has 6 heteroatoms. The number of methoxy groups -OCH3 is 1. The number of ether oxygens (including phenoxy) is 2. The summed E-state index contributed by atoms with van der Waals surface area (Å²) in [5.74, 6) is -0.0290. The average Bonchev–Trinajstić information content (AvgIpc) is 3.05. The molecule has 22 heavy (non-hydrogen) atoms. The first kappa shape index (κ1) is 16.3. The summed E-state index contributed by atoms with van der Waals surface area (Å²) in [6.07, 6.45) is 0.988. The lowest BCUT2D eigenvalue weighted by Gasteiger charge is -2.24. The highest BCUT2D eigenvalue weighted by Crippen LogP contribution is 2.16. The van der Waals surface area contributed by atoms with E-state index < -0.39 is 5.97 Å². The second-order valence-corrected chi connectivity index (χ2v) is 5.27. The number of carbonyl (C=O) groups excluding carboxylic acids is 2. The minimum atomic E-state index is -0.424.